The molecule has 0 fully saturated rings. The number of nitrogens with one attached hydrogen (secondary N) is 1. The molecule has 6 heteroatoms. The Morgan fingerprint density at radius 1 is 1.03 bits per heavy atom. The van der Waals surface area contributed by atoms with E-state index in [1.54, 1.807) is 7.05 Å². The highest BCUT2D eigenvalue weighted by Crippen LogP contribution is 2.34. The van der Waals surface area contributed by atoms with Crippen molar-refractivity contribution in [3.63, 3.8) is 0 Å². The van der Waals surface area contributed by atoms with Crippen LogP contribution in [0.2, 0.25) is 0 Å². The van der Waals surface area contributed by atoms with Crippen LogP contribution in [-0.2, 0) is 24.5 Å². The van der Waals surface area contributed by atoms with Crippen molar-refractivity contribution in [2.45, 2.75) is 79.3 Å². The van der Waals surface area contributed by atoms with E-state index in [1.165, 1.54) is 12.0 Å². The van der Waals surface area contributed by atoms with Crippen molar-refractivity contribution in [3.8, 4) is 0 Å². The summed E-state index contributed by atoms with van der Waals surface area (Å²) in [5.74, 6) is -1.39. The van der Waals surface area contributed by atoms with Crippen LogP contribution < -0.4 is 5.32 Å². The maximum absolute atomic E-state index is 13.5. The van der Waals surface area contributed by atoms with Crippen molar-refractivity contribution in [2.24, 2.45) is 17.3 Å². The van der Waals surface area contributed by atoms with Gasteiger partial charge in [-0.25, -0.2) is 4.79 Å². The van der Waals surface area contributed by atoms with Gasteiger partial charge in [0.1, 0.15) is 12.1 Å². The van der Waals surface area contributed by atoms with Crippen LogP contribution in [0.3, 0.4) is 0 Å². The lowest BCUT2D eigenvalue weighted by atomic mass is 9.71. The quantitative estimate of drug-likeness (QED) is 0.578. The maximum atomic E-state index is 13.5. The molecule has 0 aromatic heterocycles. The SMILES string of the molecule is CC[C@@H](C(=O)N[C@H](C(=O)N(C)[C@H](C(=O)OC)C(C)C)C(C)(C)C)C(C)(C)c1ccccc1. The fraction of sp³-hybridized carbons (Fsp3) is 0.654. The monoisotopic (exact) mass is 446 g/mol. The third-order valence-corrected chi connectivity index (χ3v) is 6.35. The van der Waals surface area contributed by atoms with Crippen molar-refractivity contribution in [3.05, 3.63) is 35.9 Å². The summed E-state index contributed by atoms with van der Waals surface area (Å²) >= 11 is 0. The number of amides is 2. The average molecular weight is 447 g/mol. The molecule has 0 spiro atoms. The van der Waals surface area contributed by atoms with Gasteiger partial charge in [0.15, 0.2) is 0 Å². The van der Waals surface area contributed by atoms with Crippen LogP contribution in [0.5, 0.6) is 0 Å². The number of nitrogens with zero attached hydrogens (tertiary/aromatic N) is 1. The van der Waals surface area contributed by atoms with E-state index >= 15 is 0 Å². The minimum atomic E-state index is -0.786. The van der Waals surface area contributed by atoms with Crippen LogP contribution in [0.15, 0.2) is 30.3 Å². The molecule has 0 saturated carbocycles. The van der Waals surface area contributed by atoms with E-state index in [1.807, 2.05) is 71.9 Å². The zero-order chi connectivity index (χ0) is 24.9. The number of hydrogen-bond donors (Lipinski definition) is 1. The molecule has 180 valence electrons. The van der Waals surface area contributed by atoms with Crippen molar-refractivity contribution in [1.82, 2.24) is 10.2 Å². The number of hydrogen-bond acceptors (Lipinski definition) is 4. The van der Waals surface area contributed by atoms with Gasteiger partial charge in [0, 0.05) is 18.4 Å². The van der Waals surface area contributed by atoms with E-state index in [-0.39, 0.29) is 23.7 Å². The van der Waals surface area contributed by atoms with Crippen molar-refractivity contribution in [1.29, 1.82) is 0 Å². The van der Waals surface area contributed by atoms with Crippen LogP contribution in [0.1, 0.15) is 67.4 Å². The first-order valence-corrected chi connectivity index (χ1v) is 11.4. The highest BCUT2D eigenvalue weighted by Gasteiger charge is 2.42. The smallest absolute Gasteiger partial charge is 0.328 e. The van der Waals surface area contributed by atoms with E-state index in [0.29, 0.717) is 6.42 Å². The van der Waals surface area contributed by atoms with Gasteiger partial charge < -0.3 is 15.0 Å². The summed E-state index contributed by atoms with van der Waals surface area (Å²) in [5.41, 5.74) is 0.112. The number of benzene rings is 1. The van der Waals surface area contributed by atoms with E-state index in [0.717, 1.165) is 5.56 Å². The molecule has 0 heterocycles. The first-order valence-electron chi connectivity index (χ1n) is 11.4. The summed E-state index contributed by atoms with van der Waals surface area (Å²) in [6, 6.07) is 8.44. The molecule has 0 unspecified atom stereocenters. The molecule has 0 saturated heterocycles. The molecular formula is C26H42N2O4. The second kappa shape index (κ2) is 11.0. The van der Waals surface area contributed by atoms with Gasteiger partial charge in [-0.2, -0.15) is 0 Å². The largest absolute Gasteiger partial charge is 0.467 e. The summed E-state index contributed by atoms with van der Waals surface area (Å²) in [4.78, 5) is 40.8. The minimum Gasteiger partial charge on any atom is -0.467 e. The van der Waals surface area contributed by atoms with Gasteiger partial charge in [-0.3, -0.25) is 9.59 Å². The molecule has 32 heavy (non-hydrogen) atoms. The highest BCUT2D eigenvalue weighted by atomic mass is 16.5. The summed E-state index contributed by atoms with van der Waals surface area (Å²) < 4.78 is 4.92. The van der Waals surface area contributed by atoms with E-state index < -0.39 is 28.9 Å². The molecule has 2 amide bonds. The zero-order valence-electron chi connectivity index (χ0n) is 21.5. The molecule has 0 aliphatic heterocycles. The van der Waals surface area contributed by atoms with Gasteiger partial charge in [0.2, 0.25) is 11.8 Å². The lowest BCUT2D eigenvalue weighted by Crippen LogP contribution is -2.59. The second-order valence-corrected chi connectivity index (χ2v) is 10.5. The molecule has 0 aliphatic carbocycles. The molecule has 6 nitrogen and oxygen atoms in total. The Morgan fingerprint density at radius 3 is 1.97 bits per heavy atom. The van der Waals surface area contributed by atoms with E-state index in [9.17, 15) is 14.4 Å². The Labute approximate surface area is 194 Å². The number of methoxy groups -OCH3 is 1. The highest BCUT2D eigenvalue weighted by molar-refractivity contribution is 5.92. The lowest BCUT2D eigenvalue weighted by molar-refractivity contribution is -0.155. The fourth-order valence-corrected chi connectivity index (χ4v) is 4.32. The van der Waals surface area contributed by atoms with Crippen LogP contribution in [0.25, 0.3) is 0 Å². The Kier molecular flexibility index (Phi) is 9.49. The van der Waals surface area contributed by atoms with Crippen molar-refractivity contribution in [2.75, 3.05) is 14.2 Å². The zero-order valence-corrected chi connectivity index (χ0v) is 21.5. The second-order valence-electron chi connectivity index (χ2n) is 10.5. The standard InChI is InChI=1S/C26H42N2O4/c1-11-19(26(7,8)18-15-13-12-14-16-18)22(29)27-21(25(4,5)6)23(30)28(9)20(17(2)3)24(31)32-10/h12-17,19-21H,11H2,1-10H3,(H,27,29)/t19-,20-,21+/m0/s1. The van der Waals surface area contributed by atoms with E-state index in [4.69, 9.17) is 4.74 Å². The van der Waals surface area contributed by atoms with Crippen LogP contribution in [0, 0.1) is 17.3 Å². The molecule has 1 aromatic carbocycles. The van der Waals surface area contributed by atoms with Gasteiger partial charge in [0.05, 0.1) is 7.11 Å². The third-order valence-electron chi connectivity index (χ3n) is 6.35. The Balaban J connectivity index is 3.24. The Hall–Kier alpha value is -2.37. The van der Waals surface area contributed by atoms with E-state index in [2.05, 4.69) is 19.2 Å². The van der Waals surface area contributed by atoms with Crippen molar-refractivity contribution < 1.29 is 19.1 Å². The van der Waals surface area contributed by atoms with Crippen LogP contribution in [0.4, 0.5) is 0 Å². The van der Waals surface area contributed by atoms with Gasteiger partial charge in [-0.05, 0) is 23.3 Å². The molecule has 1 aromatic rings. The Morgan fingerprint density at radius 2 is 1.56 bits per heavy atom. The van der Waals surface area contributed by atoms with Gasteiger partial charge >= 0.3 is 5.97 Å². The summed E-state index contributed by atoms with van der Waals surface area (Å²) in [7, 11) is 2.91. The number of ether oxygens (including phenoxy) is 1. The van der Waals surface area contributed by atoms with Crippen molar-refractivity contribution >= 4 is 17.8 Å². The summed E-state index contributed by atoms with van der Waals surface area (Å²) in [5, 5.41) is 3.03. The fourth-order valence-electron chi connectivity index (χ4n) is 4.32. The molecule has 3 atom stereocenters. The van der Waals surface area contributed by atoms with Gasteiger partial charge in [-0.1, -0.05) is 85.7 Å². The molecule has 1 rings (SSSR count). The molecule has 0 bridgehead atoms. The molecular weight excluding hydrogens is 404 g/mol. The number of likely N-dealkylation sites (N-methyl/N-ethyl adjacent to an activating group) is 1. The molecule has 0 radical (unpaired) electrons. The van der Waals surface area contributed by atoms with Crippen LogP contribution >= 0.6 is 0 Å². The maximum Gasteiger partial charge on any atom is 0.328 e. The lowest BCUT2D eigenvalue weighted by Gasteiger charge is -2.39. The predicted octanol–water partition coefficient (Wildman–Crippen LogP) is 4.18. The topological polar surface area (TPSA) is 75.7 Å². The molecule has 0 aliphatic rings. The summed E-state index contributed by atoms with van der Waals surface area (Å²) in [6.45, 7) is 15.6. The number of carbonyl (C=O) groups is 3. The number of rotatable bonds is 9. The number of esters is 1. The first-order chi connectivity index (χ1) is 14.7. The third kappa shape index (κ3) is 6.33. The molecule has 1 N–H and O–H groups in total. The van der Waals surface area contributed by atoms with Gasteiger partial charge in [0.25, 0.3) is 0 Å². The minimum absolute atomic E-state index is 0.131. The normalized spacial score (nSPS) is 15.0. The van der Waals surface area contributed by atoms with Crippen LogP contribution in [-0.4, -0.2) is 48.9 Å². The Bertz CT molecular complexity index is 781. The van der Waals surface area contributed by atoms with Gasteiger partial charge in [-0.15, -0.1) is 0 Å². The predicted molar refractivity (Wildman–Crippen MR) is 128 cm³/mol. The first kappa shape index (κ1) is 27.7. The average Bonchev–Trinajstić information content (AvgIpc) is 2.71. The number of carbonyl (C=O) groups excluding carboxylic acids is 3. The summed E-state index contributed by atoms with van der Waals surface area (Å²) in [6.07, 6.45) is 0.630.